The molecule has 0 radical (unpaired) electrons. The monoisotopic (exact) mass is 174 g/mol. The molecule has 1 rings (SSSR count). The van der Waals surface area contributed by atoms with Crippen LogP contribution in [0.15, 0.2) is 0 Å². The number of likely N-dealkylation sites (tertiary alicyclic amines) is 1. The van der Waals surface area contributed by atoms with Crippen molar-refractivity contribution < 1.29 is 10.2 Å². The molecule has 1 fully saturated rings. The second-order valence-electron chi connectivity index (χ2n) is 3.36. The maximum Gasteiger partial charge on any atom is 0.0558 e. The standard InChI is InChI=1S/C8H18N2O2/c1-9-6-8(7-9)10(2-4-11)3-5-12/h8,11-12H,2-7H2,1H3. The topological polar surface area (TPSA) is 46.9 Å². The maximum atomic E-state index is 8.76. The summed E-state index contributed by atoms with van der Waals surface area (Å²) in [5.41, 5.74) is 0. The molecule has 0 saturated carbocycles. The van der Waals surface area contributed by atoms with Gasteiger partial charge in [0.25, 0.3) is 0 Å². The molecule has 4 heteroatoms. The summed E-state index contributed by atoms with van der Waals surface area (Å²) in [6, 6.07) is 0.536. The van der Waals surface area contributed by atoms with E-state index in [1.165, 1.54) is 0 Å². The Bertz CT molecular complexity index is 120. The van der Waals surface area contributed by atoms with E-state index >= 15 is 0 Å². The van der Waals surface area contributed by atoms with Crippen molar-refractivity contribution in [2.75, 3.05) is 46.4 Å². The third-order valence-corrected chi connectivity index (χ3v) is 2.34. The fourth-order valence-corrected chi connectivity index (χ4v) is 1.63. The minimum Gasteiger partial charge on any atom is -0.395 e. The third-order valence-electron chi connectivity index (χ3n) is 2.34. The van der Waals surface area contributed by atoms with Crippen molar-refractivity contribution in [3.8, 4) is 0 Å². The lowest BCUT2D eigenvalue weighted by molar-refractivity contribution is 0.0307. The molecule has 2 N–H and O–H groups in total. The summed E-state index contributed by atoms with van der Waals surface area (Å²) < 4.78 is 0. The Morgan fingerprint density at radius 3 is 2.08 bits per heavy atom. The summed E-state index contributed by atoms with van der Waals surface area (Å²) in [7, 11) is 2.08. The van der Waals surface area contributed by atoms with Crippen LogP contribution in [-0.4, -0.2) is 72.5 Å². The van der Waals surface area contributed by atoms with Gasteiger partial charge in [-0.25, -0.2) is 0 Å². The van der Waals surface area contributed by atoms with E-state index in [2.05, 4.69) is 16.8 Å². The van der Waals surface area contributed by atoms with Crippen molar-refractivity contribution in [2.24, 2.45) is 0 Å². The minimum absolute atomic E-state index is 0.181. The van der Waals surface area contributed by atoms with E-state index in [-0.39, 0.29) is 13.2 Å². The first-order valence-electron chi connectivity index (χ1n) is 4.42. The van der Waals surface area contributed by atoms with Crippen LogP contribution in [-0.2, 0) is 0 Å². The Morgan fingerprint density at radius 2 is 1.75 bits per heavy atom. The van der Waals surface area contributed by atoms with Crippen LogP contribution in [0.2, 0.25) is 0 Å². The zero-order chi connectivity index (χ0) is 8.97. The van der Waals surface area contributed by atoms with Gasteiger partial charge in [-0.2, -0.15) is 0 Å². The highest BCUT2D eigenvalue weighted by atomic mass is 16.3. The molecule has 12 heavy (non-hydrogen) atoms. The molecule has 0 aromatic carbocycles. The van der Waals surface area contributed by atoms with Crippen molar-refractivity contribution in [1.82, 2.24) is 9.80 Å². The summed E-state index contributed by atoms with van der Waals surface area (Å²) in [5.74, 6) is 0. The van der Waals surface area contributed by atoms with Gasteiger partial charge < -0.3 is 15.1 Å². The lowest BCUT2D eigenvalue weighted by Gasteiger charge is -2.43. The second kappa shape index (κ2) is 4.77. The van der Waals surface area contributed by atoms with Crippen molar-refractivity contribution >= 4 is 0 Å². The SMILES string of the molecule is CN1CC(N(CCO)CCO)C1. The molecule has 1 heterocycles. The highest BCUT2D eigenvalue weighted by Crippen LogP contribution is 2.11. The summed E-state index contributed by atoms with van der Waals surface area (Å²) in [4.78, 5) is 4.37. The predicted molar refractivity (Wildman–Crippen MR) is 47.0 cm³/mol. The third kappa shape index (κ3) is 2.42. The van der Waals surface area contributed by atoms with Gasteiger partial charge in [-0.05, 0) is 7.05 Å². The van der Waals surface area contributed by atoms with Crippen LogP contribution in [0.25, 0.3) is 0 Å². The van der Waals surface area contributed by atoms with E-state index < -0.39 is 0 Å². The van der Waals surface area contributed by atoms with E-state index in [4.69, 9.17) is 10.2 Å². The lowest BCUT2D eigenvalue weighted by atomic mass is 10.1. The van der Waals surface area contributed by atoms with E-state index in [9.17, 15) is 0 Å². The highest BCUT2D eigenvalue weighted by Gasteiger charge is 2.28. The van der Waals surface area contributed by atoms with Gasteiger partial charge in [0.15, 0.2) is 0 Å². The lowest BCUT2D eigenvalue weighted by Crippen LogP contribution is -2.58. The van der Waals surface area contributed by atoms with Crippen LogP contribution >= 0.6 is 0 Å². The smallest absolute Gasteiger partial charge is 0.0558 e. The number of likely N-dealkylation sites (N-methyl/N-ethyl adjacent to an activating group) is 1. The molecule has 0 amide bonds. The fraction of sp³-hybridized carbons (Fsp3) is 1.00. The first kappa shape index (κ1) is 9.92. The Morgan fingerprint density at radius 1 is 1.25 bits per heavy atom. The van der Waals surface area contributed by atoms with Crippen molar-refractivity contribution in [3.05, 3.63) is 0 Å². The maximum absolute atomic E-state index is 8.76. The number of aliphatic hydroxyl groups is 2. The van der Waals surface area contributed by atoms with Gasteiger partial charge in [0.1, 0.15) is 0 Å². The molecule has 1 saturated heterocycles. The minimum atomic E-state index is 0.181. The van der Waals surface area contributed by atoms with Gasteiger partial charge in [0, 0.05) is 32.2 Å². The number of rotatable bonds is 5. The van der Waals surface area contributed by atoms with E-state index in [0.29, 0.717) is 19.1 Å². The predicted octanol–water partition coefficient (Wildman–Crippen LogP) is -1.41. The quantitative estimate of drug-likeness (QED) is 0.537. The number of nitrogens with zero attached hydrogens (tertiary/aromatic N) is 2. The van der Waals surface area contributed by atoms with Gasteiger partial charge in [0.05, 0.1) is 13.2 Å². The van der Waals surface area contributed by atoms with Crippen LogP contribution in [0, 0.1) is 0 Å². The largest absolute Gasteiger partial charge is 0.395 e. The van der Waals surface area contributed by atoms with Crippen LogP contribution in [0.5, 0.6) is 0 Å². The number of hydrogen-bond acceptors (Lipinski definition) is 4. The normalized spacial score (nSPS) is 20.0. The molecule has 0 spiro atoms. The van der Waals surface area contributed by atoms with Crippen LogP contribution < -0.4 is 0 Å². The van der Waals surface area contributed by atoms with Gasteiger partial charge in [-0.15, -0.1) is 0 Å². The molecule has 0 unspecified atom stereocenters. The molecule has 4 nitrogen and oxygen atoms in total. The first-order chi connectivity index (χ1) is 5.77. The average molecular weight is 174 g/mol. The molecule has 0 aliphatic carbocycles. The molecule has 0 aromatic heterocycles. The van der Waals surface area contributed by atoms with Gasteiger partial charge in [-0.3, -0.25) is 4.90 Å². The summed E-state index contributed by atoms with van der Waals surface area (Å²) in [5, 5.41) is 17.5. The van der Waals surface area contributed by atoms with Gasteiger partial charge in [-0.1, -0.05) is 0 Å². The second-order valence-corrected chi connectivity index (χ2v) is 3.36. The zero-order valence-electron chi connectivity index (χ0n) is 7.61. The Labute approximate surface area is 73.4 Å². The van der Waals surface area contributed by atoms with Crippen molar-refractivity contribution in [3.63, 3.8) is 0 Å². The van der Waals surface area contributed by atoms with Gasteiger partial charge >= 0.3 is 0 Å². The molecule has 1 aliphatic heterocycles. The highest BCUT2D eigenvalue weighted by molar-refractivity contribution is 4.85. The Balaban J connectivity index is 2.22. The number of aliphatic hydroxyl groups excluding tert-OH is 2. The molecular formula is C8H18N2O2. The van der Waals surface area contributed by atoms with Crippen LogP contribution in [0.3, 0.4) is 0 Å². The average Bonchev–Trinajstić information content (AvgIpc) is 1.99. The van der Waals surface area contributed by atoms with Crippen LogP contribution in [0.1, 0.15) is 0 Å². The summed E-state index contributed by atoms with van der Waals surface area (Å²) in [6.45, 7) is 3.83. The van der Waals surface area contributed by atoms with E-state index in [1.807, 2.05) is 0 Å². The van der Waals surface area contributed by atoms with Gasteiger partial charge in [0.2, 0.25) is 0 Å². The Kier molecular flexibility index (Phi) is 3.94. The summed E-state index contributed by atoms with van der Waals surface area (Å²) >= 11 is 0. The van der Waals surface area contributed by atoms with Crippen molar-refractivity contribution in [2.45, 2.75) is 6.04 Å². The first-order valence-corrected chi connectivity index (χ1v) is 4.42. The molecule has 1 aliphatic rings. The van der Waals surface area contributed by atoms with Crippen LogP contribution in [0.4, 0.5) is 0 Å². The molecule has 0 aromatic rings. The van der Waals surface area contributed by atoms with E-state index in [0.717, 1.165) is 13.1 Å². The number of hydrogen-bond donors (Lipinski definition) is 2. The molecule has 72 valence electrons. The Hall–Kier alpha value is -0.160. The molecule has 0 atom stereocenters. The van der Waals surface area contributed by atoms with Crippen molar-refractivity contribution in [1.29, 1.82) is 0 Å². The zero-order valence-corrected chi connectivity index (χ0v) is 7.61. The molecule has 0 bridgehead atoms. The molecular weight excluding hydrogens is 156 g/mol. The summed E-state index contributed by atoms with van der Waals surface area (Å²) in [6.07, 6.45) is 0. The fourth-order valence-electron chi connectivity index (χ4n) is 1.63. The van der Waals surface area contributed by atoms with E-state index in [1.54, 1.807) is 0 Å².